The third-order valence-electron chi connectivity index (χ3n) is 4.48. The molecule has 0 unspecified atom stereocenters. The summed E-state index contributed by atoms with van der Waals surface area (Å²) >= 11 is 0. The fourth-order valence-corrected chi connectivity index (χ4v) is 2.89. The van der Waals surface area contributed by atoms with E-state index in [0.717, 1.165) is 24.3 Å². The van der Waals surface area contributed by atoms with Gasteiger partial charge in [0, 0.05) is 42.3 Å². The summed E-state index contributed by atoms with van der Waals surface area (Å²) in [4.78, 5) is 14.7. The number of carbonyl (C=O) groups excluding carboxylic acids is 1. The third-order valence-corrected chi connectivity index (χ3v) is 4.48. The van der Waals surface area contributed by atoms with Crippen LogP contribution in [0.4, 0.5) is 11.4 Å². The lowest BCUT2D eigenvalue weighted by Crippen LogP contribution is -2.21. The second-order valence-electron chi connectivity index (χ2n) is 6.08. The zero-order chi connectivity index (χ0) is 19.8. The fourth-order valence-electron chi connectivity index (χ4n) is 2.89. The molecule has 0 aliphatic rings. The number of rotatable bonds is 9. The molecule has 2 aromatic rings. The number of ether oxygens (including phenoxy) is 2. The summed E-state index contributed by atoms with van der Waals surface area (Å²) in [5.74, 6) is 1.02. The first-order valence-electron chi connectivity index (χ1n) is 9.09. The Hall–Kier alpha value is -2.95. The number of carbonyl (C=O) groups is 1. The molecule has 2 rings (SSSR count). The molecule has 0 aromatic heterocycles. The smallest absolute Gasteiger partial charge is 0.187 e. The van der Waals surface area contributed by atoms with Crippen LogP contribution in [0.25, 0.3) is 0 Å². The lowest BCUT2D eigenvalue weighted by molar-refractivity contribution is 0.104. The molecule has 0 heterocycles. The number of nitrogens with zero attached hydrogens (tertiary/aromatic N) is 1. The molecule has 0 aliphatic carbocycles. The molecule has 0 fully saturated rings. The normalized spacial score (nSPS) is 10.7. The van der Waals surface area contributed by atoms with Gasteiger partial charge >= 0.3 is 0 Å². The highest BCUT2D eigenvalue weighted by Gasteiger charge is 2.09. The fraction of sp³-hybridized carbons (Fsp3) is 0.318. The van der Waals surface area contributed by atoms with Crippen molar-refractivity contribution in [3.8, 4) is 11.5 Å². The lowest BCUT2D eigenvalue weighted by atomic mass is 10.1. The van der Waals surface area contributed by atoms with Gasteiger partial charge in [0.25, 0.3) is 0 Å². The largest absolute Gasteiger partial charge is 0.493 e. The minimum atomic E-state index is -0.110. The van der Waals surface area contributed by atoms with Gasteiger partial charge in [-0.15, -0.1) is 0 Å². The van der Waals surface area contributed by atoms with Crippen LogP contribution in [0, 0.1) is 6.92 Å². The van der Waals surface area contributed by atoms with Gasteiger partial charge in [-0.1, -0.05) is 0 Å². The minimum absolute atomic E-state index is 0.110. The Kier molecular flexibility index (Phi) is 7.29. The molecule has 27 heavy (non-hydrogen) atoms. The summed E-state index contributed by atoms with van der Waals surface area (Å²) in [5, 5.41) is 3.19. The van der Waals surface area contributed by atoms with E-state index in [1.54, 1.807) is 38.6 Å². The standard InChI is InChI=1S/C22H28N2O3/c1-6-24(7-2)18-9-10-19(16(3)14-18)23-13-12-20(25)17-8-11-21(26-4)22(15-17)27-5/h8-15,23H,6-7H2,1-5H3/b13-12+. The van der Waals surface area contributed by atoms with E-state index in [2.05, 4.69) is 43.1 Å². The van der Waals surface area contributed by atoms with Crippen LogP contribution in [-0.2, 0) is 0 Å². The van der Waals surface area contributed by atoms with Gasteiger partial charge in [0.1, 0.15) is 0 Å². The highest BCUT2D eigenvalue weighted by molar-refractivity contribution is 6.05. The first-order valence-corrected chi connectivity index (χ1v) is 9.09. The number of benzene rings is 2. The first kappa shape index (κ1) is 20.4. The van der Waals surface area contributed by atoms with Gasteiger partial charge in [0.15, 0.2) is 17.3 Å². The maximum Gasteiger partial charge on any atom is 0.187 e. The van der Waals surface area contributed by atoms with Crippen LogP contribution < -0.4 is 19.7 Å². The molecule has 2 aromatic carbocycles. The summed E-state index contributed by atoms with van der Waals surface area (Å²) < 4.78 is 10.4. The molecule has 0 atom stereocenters. The predicted octanol–water partition coefficient (Wildman–Crippen LogP) is 4.67. The van der Waals surface area contributed by atoms with Crippen LogP contribution >= 0.6 is 0 Å². The summed E-state index contributed by atoms with van der Waals surface area (Å²) in [6, 6.07) is 11.4. The highest BCUT2D eigenvalue weighted by Crippen LogP contribution is 2.28. The zero-order valence-corrected chi connectivity index (χ0v) is 16.7. The van der Waals surface area contributed by atoms with Crippen molar-refractivity contribution < 1.29 is 14.3 Å². The second kappa shape index (κ2) is 9.67. The van der Waals surface area contributed by atoms with Gasteiger partial charge < -0.3 is 19.7 Å². The summed E-state index contributed by atoms with van der Waals surface area (Å²) in [5.41, 5.74) is 3.85. The van der Waals surface area contributed by atoms with E-state index in [1.165, 1.54) is 11.8 Å². The van der Waals surface area contributed by atoms with Crippen molar-refractivity contribution in [3.63, 3.8) is 0 Å². The molecule has 5 nitrogen and oxygen atoms in total. The Morgan fingerprint density at radius 3 is 2.33 bits per heavy atom. The van der Waals surface area contributed by atoms with Crippen molar-refractivity contribution >= 4 is 17.2 Å². The molecule has 0 amide bonds. The maximum absolute atomic E-state index is 12.4. The monoisotopic (exact) mass is 368 g/mol. The van der Waals surface area contributed by atoms with Crippen molar-refractivity contribution in [2.45, 2.75) is 20.8 Å². The Morgan fingerprint density at radius 1 is 1.04 bits per heavy atom. The first-order chi connectivity index (χ1) is 13.0. The number of aryl methyl sites for hydroxylation is 1. The minimum Gasteiger partial charge on any atom is -0.493 e. The highest BCUT2D eigenvalue weighted by atomic mass is 16.5. The van der Waals surface area contributed by atoms with Crippen LogP contribution in [0.2, 0.25) is 0 Å². The molecular formula is C22H28N2O3. The average molecular weight is 368 g/mol. The van der Waals surface area contributed by atoms with Gasteiger partial charge in [0.05, 0.1) is 14.2 Å². The zero-order valence-electron chi connectivity index (χ0n) is 16.7. The molecule has 0 saturated carbocycles. The van der Waals surface area contributed by atoms with Gasteiger partial charge in [-0.05, 0) is 62.7 Å². The molecule has 1 N–H and O–H groups in total. The van der Waals surface area contributed by atoms with Gasteiger partial charge in [-0.25, -0.2) is 0 Å². The van der Waals surface area contributed by atoms with E-state index >= 15 is 0 Å². The quantitative estimate of drug-likeness (QED) is 0.515. The summed E-state index contributed by atoms with van der Waals surface area (Å²) in [7, 11) is 3.12. The van der Waals surface area contributed by atoms with E-state index in [0.29, 0.717) is 17.1 Å². The van der Waals surface area contributed by atoms with Gasteiger partial charge in [0.2, 0.25) is 0 Å². The van der Waals surface area contributed by atoms with Crippen LogP contribution in [0.1, 0.15) is 29.8 Å². The molecule has 0 bridgehead atoms. The van der Waals surface area contributed by atoms with Crippen molar-refractivity contribution in [2.75, 3.05) is 37.5 Å². The van der Waals surface area contributed by atoms with Crippen molar-refractivity contribution in [3.05, 3.63) is 59.8 Å². The number of anilines is 2. The van der Waals surface area contributed by atoms with Crippen LogP contribution in [0.15, 0.2) is 48.7 Å². The van der Waals surface area contributed by atoms with Crippen LogP contribution in [0.3, 0.4) is 0 Å². The van der Waals surface area contributed by atoms with E-state index in [4.69, 9.17) is 9.47 Å². The van der Waals surface area contributed by atoms with E-state index in [-0.39, 0.29) is 5.78 Å². The molecular weight excluding hydrogens is 340 g/mol. The number of methoxy groups -OCH3 is 2. The van der Waals surface area contributed by atoms with Crippen molar-refractivity contribution in [1.29, 1.82) is 0 Å². The van der Waals surface area contributed by atoms with E-state index < -0.39 is 0 Å². The molecule has 0 radical (unpaired) electrons. The van der Waals surface area contributed by atoms with Crippen molar-refractivity contribution in [1.82, 2.24) is 0 Å². The second-order valence-corrected chi connectivity index (χ2v) is 6.08. The number of nitrogens with one attached hydrogen (secondary N) is 1. The number of hydrogen-bond donors (Lipinski definition) is 1. The van der Waals surface area contributed by atoms with Crippen LogP contribution in [0.5, 0.6) is 11.5 Å². The van der Waals surface area contributed by atoms with E-state index in [1.807, 2.05) is 6.07 Å². The number of hydrogen-bond acceptors (Lipinski definition) is 5. The number of ketones is 1. The number of allylic oxidation sites excluding steroid dienone is 1. The Bertz CT molecular complexity index is 811. The van der Waals surface area contributed by atoms with Gasteiger partial charge in [-0.2, -0.15) is 0 Å². The average Bonchev–Trinajstić information content (AvgIpc) is 2.69. The van der Waals surface area contributed by atoms with Crippen LogP contribution in [-0.4, -0.2) is 33.1 Å². The van der Waals surface area contributed by atoms with Gasteiger partial charge in [-0.3, -0.25) is 4.79 Å². The predicted molar refractivity (Wildman–Crippen MR) is 111 cm³/mol. The maximum atomic E-state index is 12.4. The molecule has 0 aliphatic heterocycles. The van der Waals surface area contributed by atoms with E-state index in [9.17, 15) is 4.79 Å². The molecule has 5 heteroatoms. The Labute approximate surface area is 161 Å². The Balaban J connectivity index is 2.07. The molecule has 144 valence electrons. The summed E-state index contributed by atoms with van der Waals surface area (Å²) in [6.07, 6.45) is 3.18. The molecule has 0 spiro atoms. The lowest BCUT2D eigenvalue weighted by Gasteiger charge is -2.22. The SMILES string of the molecule is CCN(CC)c1ccc(N/C=C/C(=O)c2ccc(OC)c(OC)c2)c(C)c1. The molecule has 0 saturated heterocycles. The van der Waals surface area contributed by atoms with Crippen molar-refractivity contribution in [2.24, 2.45) is 0 Å². The Morgan fingerprint density at radius 2 is 1.74 bits per heavy atom. The third kappa shape index (κ3) is 5.03. The summed E-state index contributed by atoms with van der Waals surface area (Å²) in [6.45, 7) is 8.30. The topological polar surface area (TPSA) is 50.8 Å².